The van der Waals surface area contributed by atoms with Crippen LogP contribution in [0.25, 0.3) is 22.3 Å². The lowest BCUT2D eigenvalue weighted by atomic mass is 9.98. The van der Waals surface area contributed by atoms with Crippen LogP contribution in [-0.2, 0) is 14.1 Å². The largest absolute Gasteiger partial charge is 0.496 e. The van der Waals surface area contributed by atoms with Gasteiger partial charge >= 0.3 is 5.97 Å². The second-order valence-corrected chi connectivity index (χ2v) is 10.8. The lowest BCUT2D eigenvalue weighted by Crippen LogP contribution is -2.20. The molecule has 0 spiro atoms. The molecule has 234 valence electrons. The van der Waals surface area contributed by atoms with Crippen LogP contribution < -0.4 is 20.6 Å². The highest BCUT2D eigenvalue weighted by atomic mass is 35.5. The molecule has 0 atom stereocenters. The number of benzene rings is 2. The van der Waals surface area contributed by atoms with E-state index in [1.807, 2.05) is 13.8 Å². The van der Waals surface area contributed by atoms with E-state index in [1.165, 1.54) is 23.4 Å². The summed E-state index contributed by atoms with van der Waals surface area (Å²) in [6.07, 6.45) is 4.14. The lowest BCUT2D eigenvalue weighted by molar-refractivity contribution is 0.0693. The Kier molecular flexibility index (Phi) is 11.8. The molecular formula is C33H36Cl2N2O7. The molecule has 2 aromatic heterocycles. The molecular weight excluding hydrogens is 607 g/mol. The molecule has 0 bridgehead atoms. The Morgan fingerprint density at radius 1 is 0.750 bits per heavy atom. The van der Waals surface area contributed by atoms with E-state index in [1.54, 1.807) is 64.6 Å². The summed E-state index contributed by atoms with van der Waals surface area (Å²) in [5, 5.41) is 9.62. The molecule has 9 nitrogen and oxygen atoms in total. The van der Waals surface area contributed by atoms with Gasteiger partial charge in [0.1, 0.15) is 17.1 Å². The number of ether oxygens (including phenoxy) is 2. The first-order chi connectivity index (χ1) is 20.2. The van der Waals surface area contributed by atoms with Crippen molar-refractivity contribution >= 4 is 35.5 Å². The zero-order chi connectivity index (χ0) is 32.3. The fourth-order valence-corrected chi connectivity index (χ4v) is 5.22. The highest BCUT2D eigenvalue weighted by molar-refractivity contribution is 6.34. The number of methoxy groups -OCH3 is 2. The Balaban J connectivity index is 0.000000300. The maximum atomic E-state index is 11.9. The predicted molar refractivity (Wildman–Crippen MR) is 175 cm³/mol. The van der Waals surface area contributed by atoms with E-state index in [-0.39, 0.29) is 34.9 Å². The van der Waals surface area contributed by atoms with Crippen LogP contribution in [0.2, 0.25) is 10.0 Å². The molecule has 4 aromatic rings. The first kappa shape index (κ1) is 35.9. The van der Waals surface area contributed by atoms with Crippen LogP contribution in [0, 0.1) is 27.7 Å². The van der Waals surface area contributed by atoms with Crippen LogP contribution in [0.15, 0.2) is 46.2 Å². The number of hydrogen-bond donors (Lipinski definition) is 1. The topological polar surface area (TPSA) is 117 Å². The van der Waals surface area contributed by atoms with Gasteiger partial charge in [-0.05, 0) is 74.2 Å². The van der Waals surface area contributed by atoms with E-state index in [9.17, 15) is 24.3 Å². The SMILES string of the molecule is C.COc1cc(-c2cn(C)c(=O)c(C)c2C)cc(Cl)c1C(=O)O.COc1cc(-c2cn(C)c(=O)c(C)c2C)cc(Cl)c1C=O. The van der Waals surface area contributed by atoms with E-state index >= 15 is 0 Å². The first-order valence-corrected chi connectivity index (χ1v) is 13.7. The average Bonchev–Trinajstić information content (AvgIpc) is 2.97. The first-order valence-electron chi connectivity index (χ1n) is 13.0. The minimum atomic E-state index is -1.15. The van der Waals surface area contributed by atoms with Crippen molar-refractivity contribution in [1.29, 1.82) is 0 Å². The minimum absolute atomic E-state index is 0. The molecule has 1 N–H and O–H groups in total. The summed E-state index contributed by atoms with van der Waals surface area (Å²) in [6, 6.07) is 6.64. The molecule has 0 aliphatic carbocycles. The molecule has 4 rings (SSSR count). The number of carbonyl (C=O) groups is 2. The van der Waals surface area contributed by atoms with Crippen LogP contribution in [-0.4, -0.2) is 40.7 Å². The molecule has 0 saturated carbocycles. The Morgan fingerprint density at radius 3 is 1.55 bits per heavy atom. The Bertz CT molecular complexity index is 1870. The number of carbonyl (C=O) groups excluding carboxylic acids is 1. The van der Waals surface area contributed by atoms with Gasteiger partial charge in [0.25, 0.3) is 11.1 Å². The van der Waals surface area contributed by atoms with Gasteiger partial charge in [-0.3, -0.25) is 14.4 Å². The number of hydrogen-bond acceptors (Lipinski definition) is 6. The van der Waals surface area contributed by atoms with Crippen molar-refractivity contribution in [2.45, 2.75) is 35.1 Å². The van der Waals surface area contributed by atoms with Crippen LogP contribution in [0.1, 0.15) is 50.4 Å². The predicted octanol–water partition coefficient (Wildman–Crippen LogP) is 6.81. The van der Waals surface area contributed by atoms with Crippen LogP contribution >= 0.6 is 23.2 Å². The molecule has 0 unspecified atom stereocenters. The number of aromatic carboxylic acids is 1. The van der Waals surface area contributed by atoms with Gasteiger partial charge in [-0.2, -0.15) is 0 Å². The highest BCUT2D eigenvalue weighted by Crippen LogP contribution is 2.35. The van der Waals surface area contributed by atoms with Crippen molar-refractivity contribution in [2.24, 2.45) is 14.1 Å². The van der Waals surface area contributed by atoms with Crippen molar-refractivity contribution in [2.75, 3.05) is 14.2 Å². The summed E-state index contributed by atoms with van der Waals surface area (Å²) in [6.45, 7) is 7.28. The quantitative estimate of drug-likeness (QED) is 0.230. The Morgan fingerprint density at radius 2 is 1.16 bits per heavy atom. The third-order valence-electron chi connectivity index (χ3n) is 7.40. The Hall–Kier alpha value is -4.34. The number of aromatic nitrogens is 2. The van der Waals surface area contributed by atoms with Gasteiger partial charge in [0, 0.05) is 48.7 Å². The van der Waals surface area contributed by atoms with Crippen molar-refractivity contribution < 1.29 is 24.2 Å². The number of aryl methyl sites for hydroxylation is 2. The maximum Gasteiger partial charge on any atom is 0.341 e. The van der Waals surface area contributed by atoms with Crippen molar-refractivity contribution in [3.8, 4) is 33.8 Å². The monoisotopic (exact) mass is 642 g/mol. The van der Waals surface area contributed by atoms with Crippen molar-refractivity contribution in [1.82, 2.24) is 9.13 Å². The second kappa shape index (κ2) is 14.4. The van der Waals surface area contributed by atoms with E-state index in [4.69, 9.17) is 32.7 Å². The molecule has 11 heteroatoms. The fraction of sp³-hybridized carbons (Fsp3) is 0.273. The number of aldehydes is 1. The molecule has 0 radical (unpaired) electrons. The third kappa shape index (κ3) is 6.90. The summed E-state index contributed by atoms with van der Waals surface area (Å²) in [4.78, 5) is 46.2. The van der Waals surface area contributed by atoms with Crippen molar-refractivity contribution in [3.05, 3.63) is 101 Å². The van der Waals surface area contributed by atoms with Crippen LogP contribution in [0.5, 0.6) is 11.5 Å². The highest BCUT2D eigenvalue weighted by Gasteiger charge is 2.19. The number of carboxylic acid groups (broad SMARTS) is 1. The van der Waals surface area contributed by atoms with Gasteiger partial charge in [-0.25, -0.2) is 4.79 Å². The molecule has 0 amide bonds. The van der Waals surface area contributed by atoms with Gasteiger partial charge in [0.2, 0.25) is 0 Å². The lowest BCUT2D eigenvalue weighted by Gasteiger charge is -2.14. The minimum Gasteiger partial charge on any atom is -0.496 e. The molecule has 0 fully saturated rings. The van der Waals surface area contributed by atoms with Crippen LogP contribution in [0.4, 0.5) is 0 Å². The van der Waals surface area contributed by atoms with Crippen LogP contribution in [0.3, 0.4) is 0 Å². The van der Waals surface area contributed by atoms with Crippen molar-refractivity contribution in [3.63, 3.8) is 0 Å². The molecule has 2 aromatic carbocycles. The number of rotatable bonds is 6. The summed E-state index contributed by atoms with van der Waals surface area (Å²) >= 11 is 12.2. The molecule has 0 saturated heterocycles. The summed E-state index contributed by atoms with van der Waals surface area (Å²) in [5.41, 5.74) is 6.36. The van der Waals surface area contributed by atoms with Gasteiger partial charge in [-0.1, -0.05) is 30.6 Å². The van der Waals surface area contributed by atoms with E-state index in [2.05, 4.69) is 0 Å². The average molecular weight is 644 g/mol. The molecule has 44 heavy (non-hydrogen) atoms. The smallest absolute Gasteiger partial charge is 0.341 e. The standard InChI is InChI=1S/C16H16ClNO4.C16H16ClNO3.CH4/c1-8-9(2)15(19)18(3)7-11(8)10-5-12(17)14(16(20)21)13(6-10)22-4;1-9-10(2)16(20)18(3)7-12(9)11-5-14(17)13(8-19)15(6-11)21-4;/h5-7H,1-4H3,(H,20,21);5-8H,1-4H3;1H4. The van der Waals surface area contributed by atoms with Gasteiger partial charge in [-0.15, -0.1) is 0 Å². The third-order valence-corrected chi connectivity index (χ3v) is 8.01. The summed E-state index contributed by atoms with van der Waals surface area (Å²) in [7, 11) is 6.25. The van der Waals surface area contributed by atoms with E-state index in [0.29, 0.717) is 39.3 Å². The number of carboxylic acids is 1. The van der Waals surface area contributed by atoms with Gasteiger partial charge in [0.15, 0.2) is 6.29 Å². The summed E-state index contributed by atoms with van der Waals surface area (Å²) < 4.78 is 13.4. The summed E-state index contributed by atoms with van der Waals surface area (Å²) in [5.74, 6) is -0.555. The molecule has 2 heterocycles. The van der Waals surface area contributed by atoms with E-state index < -0.39 is 5.97 Å². The second-order valence-electron chi connectivity index (χ2n) is 9.95. The number of nitrogens with zero attached hydrogens (tertiary/aromatic N) is 2. The van der Waals surface area contributed by atoms with E-state index in [0.717, 1.165) is 27.8 Å². The fourth-order valence-electron chi connectivity index (χ4n) is 4.67. The number of pyridine rings is 2. The maximum absolute atomic E-state index is 11.9. The number of halogens is 2. The Labute approximate surface area is 266 Å². The zero-order valence-corrected chi connectivity index (χ0v) is 26.6. The molecule has 0 aliphatic heterocycles. The normalized spacial score (nSPS) is 10.3. The molecule has 0 aliphatic rings. The van der Waals surface area contributed by atoms with Gasteiger partial charge < -0.3 is 23.7 Å². The zero-order valence-electron chi connectivity index (χ0n) is 25.1. The van der Waals surface area contributed by atoms with Gasteiger partial charge in [0.05, 0.1) is 29.8 Å².